The van der Waals surface area contributed by atoms with Crippen LogP contribution in [0.1, 0.15) is 26.7 Å². The van der Waals surface area contributed by atoms with Crippen molar-refractivity contribution in [2.75, 3.05) is 12.3 Å². The SMILES string of the molecule is CC(C)CSc1nnnn1CCNC1CC1. The zero-order valence-corrected chi connectivity index (χ0v) is 10.7. The third-order valence-electron chi connectivity index (χ3n) is 2.38. The van der Waals surface area contributed by atoms with Gasteiger partial charge in [0.05, 0.1) is 6.54 Å². The molecule has 0 amide bonds. The Kier molecular flexibility index (Phi) is 4.17. The second-order valence-corrected chi connectivity index (χ2v) is 5.61. The van der Waals surface area contributed by atoms with E-state index in [-0.39, 0.29) is 0 Å². The molecule has 1 saturated carbocycles. The van der Waals surface area contributed by atoms with Crippen molar-refractivity contribution in [3.05, 3.63) is 0 Å². The van der Waals surface area contributed by atoms with E-state index in [0.29, 0.717) is 5.92 Å². The molecule has 2 rings (SSSR count). The lowest BCUT2D eigenvalue weighted by Gasteiger charge is -2.06. The van der Waals surface area contributed by atoms with Gasteiger partial charge in [-0.1, -0.05) is 25.6 Å². The molecule has 0 bridgehead atoms. The zero-order valence-electron chi connectivity index (χ0n) is 9.89. The first-order valence-corrected chi connectivity index (χ1v) is 6.86. The minimum atomic E-state index is 0.666. The van der Waals surface area contributed by atoms with Crippen LogP contribution in [-0.4, -0.2) is 38.5 Å². The summed E-state index contributed by atoms with van der Waals surface area (Å²) in [5, 5.41) is 16.2. The minimum absolute atomic E-state index is 0.666. The van der Waals surface area contributed by atoms with Gasteiger partial charge >= 0.3 is 0 Å². The maximum Gasteiger partial charge on any atom is 0.209 e. The molecule has 0 unspecified atom stereocenters. The van der Waals surface area contributed by atoms with E-state index in [0.717, 1.165) is 30.0 Å². The van der Waals surface area contributed by atoms with E-state index in [1.165, 1.54) is 12.8 Å². The van der Waals surface area contributed by atoms with Crippen LogP contribution in [0.4, 0.5) is 0 Å². The smallest absolute Gasteiger partial charge is 0.209 e. The van der Waals surface area contributed by atoms with Crippen molar-refractivity contribution in [1.29, 1.82) is 0 Å². The molecule has 1 aliphatic rings. The van der Waals surface area contributed by atoms with E-state index < -0.39 is 0 Å². The van der Waals surface area contributed by atoms with Gasteiger partial charge in [-0.3, -0.25) is 0 Å². The number of tetrazole rings is 1. The van der Waals surface area contributed by atoms with Crippen LogP contribution in [0, 0.1) is 5.92 Å². The lowest BCUT2D eigenvalue weighted by Crippen LogP contribution is -2.22. The maximum atomic E-state index is 4.04. The van der Waals surface area contributed by atoms with E-state index in [1.54, 1.807) is 11.8 Å². The van der Waals surface area contributed by atoms with E-state index in [1.807, 2.05) is 4.68 Å². The third kappa shape index (κ3) is 3.75. The first-order chi connectivity index (χ1) is 7.75. The van der Waals surface area contributed by atoms with Crippen molar-refractivity contribution in [2.45, 2.75) is 44.4 Å². The van der Waals surface area contributed by atoms with Crippen molar-refractivity contribution < 1.29 is 0 Å². The molecule has 0 atom stereocenters. The molecule has 1 N–H and O–H groups in total. The summed E-state index contributed by atoms with van der Waals surface area (Å²) < 4.78 is 1.89. The highest BCUT2D eigenvalue weighted by Crippen LogP contribution is 2.19. The van der Waals surface area contributed by atoms with E-state index in [4.69, 9.17) is 0 Å². The Morgan fingerprint density at radius 1 is 1.50 bits per heavy atom. The van der Waals surface area contributed by atoms with Gasteiger partial charge in [0.1, 0.15) is 0 Å². The fourth-order valence-electron chi connectivity index (χ4n) is 1.34. The molecule has 90 valence electrons. The number of nitrogens with one attached hydrogen (secondary N) is 1. The van der Waals surface area contributed by atoms with Crippen molar-refractivity contribution in [1.82, 2.24) is 25.5 Å². The van der Waals surface area contributed by atoms with E-state index in [2.05, 4.69) is 34.7 Å². The Morgan fingerprint density at radius 3 is 3.00 bits per heavy atom. The number of thioether (sulfide) groups is 1. The summed E-state index contributed by atoms with van der Waals surface area (Å²) in [5.74, 6) is 1.73. The third-order valence-corrected chi connectivity index (χ3v) is 3.76. The van der Waals surface area contributed by atoms with Crippen molar-refractivity contribution in [3.8, 4) is 0 Å². The van der Waals surface area contributed by atoms with Crippen molar-refractivity contribution >= 4 is 11.8 Å². The summed E-state index contributed by atoms with van der Waals surface area (Å²) >= 11 is 1.74. The number of hydrogen-bond acceptors (Lipinski definition) is 5. The molecule has 0 aliphatic heterocycles. The van der Waals surface area contributed by atoms with Gasteiger partial charge in [-0.2, -0.15) is 0 Å². The number of nitrogens with zero attached hydrogens (tertiary/aromatic N) is 4. The molecule has 0 spiro atoms. The number of aromatic nitrogens is 4. The van der Waals surface area contributed by atoms with Crippen LogP contribution < -0.4 is 5.32 Å². The molecular weight excluding hydrogens is 222 g/mol. The predicted molar refractivity (Wildman–Crippen MR) is 64.4 cm³/mol. The van der Waals surface area contributed by atoms with Crippen LogP contribution in [-0.2, 0) is 6.54 Å². The Hall–Kier alpha value is -0.620. The summed E-state index contributed by atoms with van der Waals surface area (Å²) in [7, 11) is 0. The van der Waals surface area contributed by atoms with E-state index in [9.17, 15) is 0 Å². The predicted octanol–water partition coefficient (Wildman–Crippen LogP) is 1.17. The van der Waals surface area contributed by atoms with Gasteiger partial charge in [0, 0.05) is 18.3 Å². The summed E-state index contributed by atoms with van der Waals surface area (Å²) in [4.78, 5) is 0. The Labute approximate surface area is 100 Å². The first kappa shape index (κ1) is 11.9. The first-order valence-electron chi connectivity index (χ1n) is 5.88. The van der Waals surface area contributed by atoms with Gasteiger partial charge in [0.15, 0.2) is 0 Å². The monoisotopic (exact) mass is 241 g/mol. The Morgan fingerprint density at radius 2 is 2.31 bits per heavy atom. The van der Waals surface area contributed by atoms with Crippen LogP contribution in [0.3, 0.4) is 0 Å². The number of rotatable bonds is 7. The lowest BCUT2D eigenvalue weighted by atomic mass is 10.3. The average Bonchev–Trinajstić information content (AvgIpc) is 2.95. The average molecular weight is 241 g/mol. The fraction of sp³-hybridized carbons (Fsp3) is 0.900. The van der Waals surface area contributed by atoms with Crippen LogP contribution in [0.15, 0.2) is 5.16 Å². The largest absolute Gasteiger partial charge is 0.312 e. The quantitative estimate of drug-likeness (QED) is 0.726. The van der Waals surface area contributed by atoms with Crippen LogP contribution in [0.2, 0.25) is 0 Å². The standard InChI is InChI=1S/C10H19N5S/c1-8(2)7-16-10-12-13-14-15(10)6-5-11-9-3-4-9/h8-9,11H,3-7H2,1-2H3. The minimum Gasteiger partial charge on any atom is -0.312 e. The summed E-state index contributed by atoms with van der Waals surface area (Å²) in [6, 6.07) is 0.753. The topological polar surface area (TPSA) is 55.6 Å². The Bertz CT molecular complexity index is 321. The zero-order chi connectivity index (χ0) is 11.4. The molecule has 6 heteroatoms. The highest BCUT2D eigenvalue weighted by atomic mass is 32.2. The van der Waals surface area contributed by atoms with Crippen LogP contribution in [0.5, 0.6) is 0 Å². The van der Waals surface area contributed by atoms with Gasteiger partial charge < -0.3 is 5.32 Å². The summed E-state index contributed by atoms with van der Waals surface area (Å²) in [6.07, 6.45) is 2.65. The molecular formula is C10H19N5S. The van der Waals surface area contributed by atoms with Gasteiger partial charge in [-0.05, 0) is 29.2 Å². The molecule has 1 aromatic rings. The molecule has 0 aromatic carbocycles. The maximum absolute atomic E-state index is 4.04. The molecule has 16 heavy (non-hydrogen) atoms. The van der Waals surface area contributed by atoms with Gasteiger partial charge in [0.2, 0.25) is 5.16 Å². The van der Waals surface area contributed by atoms with Crippen LogP contribution in [0.25, 0.3) is 0 Å². The molecule has 1 fully saturated rings. The van der Waals surface area contributed by atoms with Crippen molar-refractivity contribution in [2.24, 2.45) is 5.92 Å². The lowest BCUT2D eigenvalue weighted by molar-refractivity contribution is 0.509. The molecule has 1 aromatic heterocycles. The normalized spacial score (nSPS) is 15.9. The fourth-order valence-corrected chi connectivity index (χ4v) is 2.20. The number of hydrogen-bond donors (Lipinski definition) is 1. The van der Waals surface area contributed by atoms with Gasteiger partial charge in [-0.25, -0.2) is 4.68 Å². The van der Waals surface area contributed by atoms with Crippen LogP contribution >= 0.6 is 11.8 Å². The van der Waals surface area contributed by atoms with Gasteiger partial charge in [-0.15, -0.1) is 5.10 Å². The molecule has 1 heterocycles. The molecule has 0 saturated heterocycles. The van der Waals surface area contributed by atoms with E-state index >= 15 is 0 Å². The summed E-state index contributed by atoms with van der Waals surface area (Å²) in [6.45, 7) is 6.24. The molecule has 1 aliphatic carbocycles. The Balaban J connectivity index is 1.75. The second-order valence-electron chi connectivity index (χ2n) is 4.62. The summed E-state index contributed by atoms with van der Waals surface area (Å²) in [5.41, 5.74) is 0. The van der Waals surface area contributed by atoms with Gasteiger partial charge in [0.25, 0.3) is 0 Å². The molecule has 5 nitrogen and oxygen atoms in total. The van der Waals surface area contributed by atoms with Crippen molar-refractivity contribution in [3.63, 3.8) is 0 Å². The second kappa shape index (κ2) is 5.63. The molecule has 0 radical (unpaired) electrons. The highest BCUT2D eigenvalue weighted by Gasteiger charge is 2.20. The highest BCUT2D eigenvalue weighted by molar-refractivity contribution is 7.99.